The maximum absolute atomic E-state index is 6.42. The van der Waals surface area contributed by atoms with Crippen LogP contribution in [0.2, 0.25) is 5.02 Å². The summed E-state index contributed by atoms with van der Waals surface area (Å²) < 4.78 is 2.05. The molecule has 0 aliphatic heterocycles. The van der Waals surface area contributed by atoms with Gasteiger partial charge in [0.15, 0.2) is 0 Å². The fourth-order valence-electron chi connectivity index (χ4n) is 1.33. The van der Waals surface area contributed by atoms with Gasteiger partial charge in [0.1, 0.15) is 0 Å². The minimum absolute atomic E-state index is 0.177. The predicted molar refractivity (Wildman–Crippen MR) is 78.9 cm³/mol. The average Bonchev–Trinajstić information content (AvgIpc) is 2.67. The van der Waals surface area contributed by atoms with E-state index in [2.05, 4.69) is 31.9 Å². The number of benzene rings is 1. The lowest BCUT2D eigenvalue weighted by atomic mass is 10.1. The SMILES string of the molecule is Clc1ccc(Br)c(C(Cl)c2ccc(Br)s2)c1. The Morgan fingerprint density at radius 3 is 2.50 bits per heavy atom. The molecule has 0 amide bonds. The molecule has 1 atom stereocenters. The lowest BCUT2D eigenvalue weighted by Crippen LogP contribution is -1.91. The highest BCUT2D eigenvalue weighted by atomic mass is 79.9. The standard InChI is InChI=1S/C11H6Br2Cl2S/c12-8-2-1-6(14)5-7(8)11(15)9-3-4-10(13)16-9/h1-5,11H. The first-order valence-electron chi connectivity index (χ1n) is 4.42. The molecule has 0 aliphatic rings. The molecule has 84 valence electrons. The number of hydrogen-bond acceptors (Lipinski definition) is 1. The molecule has 0 saturated carbocycles. The Morgan fingerprint density at radius 2 is 1.88 bits per heavy atom. The fraction of sp³-hybridized carbons (Fsp3) is 0.0909. The molecule has 5 heteroatoms. The molecule has 1 aromatic carbocycles. The van der Waals surface area contributed by atoms with Gasteiger partial charge in [0.25, 0.3) is 0 Å². The molecule has 0 spiro atoms. The molecular weight excluding hydrogens is 395 g/mol. The summed E-state index contributed by atoms with van der Waals surface area (Å²) in [5.74, 6) is 0. The Hall–Kier alpha value is 0.460. The summed E-state index contributed by atoms with van der Waals surface area (Å²) >= 11 is 20.9. The van der Waals surface area contributed by atoms with Gasteiger partial charge < -0.3 is 0 Å². The van der Waals surface area contributed by atoms with Crippen molar-refractivity contribution in [2.45, 2.75) is 5.38 Å². The molecule has 2 rings (SSSR count). The Bertz CT molecular complexity index is 510. The third kappa shape index (κ3) is 2.82. The van der Waals surface area contributed by atoms with Gasteiger partial charge in [0.05, 0.1) is 9.16 Å². The zero-order valence-corrected chi connectivity index (χ0v) is 13.4. The summed E-state index contributed by atoms with van der Waals surface area (Å²) in [5.41, 5.74) is 0.989. The Morgan fingerprint density at radius 1 is 1.12 bits per heavy atom. The summed E-state index contributed by atoms with van der Waals surface area (Å²) in [7, 11) is 0. The van der Waals surface area contributed by atoms with E-state index in [1.165, 1.54) is 0 Å². The van der Waals surface area contributed by atoms with E-state index in [0.717, 1.165) is 18.7 Å². The van der Waals surface area contributed by atoms with Crippen LogP contribution in [-0.4, -0.2) is 0 Å². The van der Waals surface area contributed by atoms with E-state index in [1.807, 2.05) is 30.3 Å². The third-order valence-electron chi connectivity index (χ3n) is 2.07. The van der Waals surface area contributed by atoms with Crippen molar-refractivity contribution in [2.75, 3.05) is 0 Å². The van der Waals surface area contributed by atoms with Crippen LogP contribution < -0.4 is 0 Å². The molecule has 0 bridgehead atoms. The Labute approximate surface area is 125 Å². The van der Waals surface area contributed by atoms with Crippen molar-refractivity contribution in [2.24, 2.45) is 0 Å². The number of rotatable bonds is 2. The maximum atomic E-state index is 6.42. The highest BCUT2D eigenvalue weighted by Crippen LogP contribution is 2.39. The van der Waals surface area contributed by atoms with E-state index in [1.54, 1.807) is 11.3 Å². The van der Waals surface area contributed by atoms with Gasteiger partial charge in [-0.1, -0.05) is 27.5 Å². The van der Waals surface area contributed by atoms with Crippen LogP contribution in [0.25, 0.3) is 0 Å². The number of thiophene rings is 1. The van der Waals surface area contributed by atoms with E-state index in [0.29, 0.717) is 5.02 Å². The summed E-state index contributed by atoms with van der Waals surface area (Å²) in [6.45, 7) is 0. The molecule has 0 nitrogen and oxygen atoms in total. The van der Waals surface area contributed by atoms with E-state index >= 15 is 0 Å². The van der Waals surface area contributed by atoms with Crippen molar-refractivity contribution in [3.05, 3.63) is 54.1 Å². The van der Waals surface area contributed by atoms with Gasteiger partial charge in [-0.15, -0.1) is 22.9 Å². The Kier molecular flexibility index (Phi) is 4.36. The normalized spacial score (nSPS) is 12.8. The highest BCUT2D eigenvalue weighted by molar-refractivity contribution is 9.11. The molecule has 0 radical (unpaired) electrons. The zero-order chi connectivity index (χ0) is 11.7. The number of hydrogen-bond donors (Lipinski definition) is 0. The van der Waals surface area contributed by atoms with Crippen LogP contribution in [0.4, 0.5) is 0 Å². The van der Waals surface area contributed by atoms with Crippen molar-refractivity contribution < 1.29 is 0 Å². The van der Waals surface area contributed by atoms with Crippen LogP contribution in [0.15, 0.2) is 38.6 Å². The first-order chi connectivity index (χ1) is 7.58. The second kappa shape index (κ2) is 5.40. The van der Waals surface area contributed by atoms with E-state index < -0.39 is 0 Å². The van der Waals surface area contributed by atoms with Gasteiger partial charge in [-0.3, -0.25) is 0 Å². The lowest BCUT2D eigenvalue weighted by molar-refractivity contribution is 1.17. The third-order valence-corrected chi connectivity index (χ3v) is 5.32. The quantitative estimate of drug-likeness (QED) is 0.522. The van der Waals surface area contributed by atoms with Crippen molar-refractivity contribution in [1.82, 2.24) is 0 Å². The number of halogens is 4. The van der Waals surface area contributed by atoms with Crippen LogP contribution in [0.5, 0.6) is 0 Å². The zero-order valence-electron chi connectivity index (χ0n) is 7.88. The summed E-state index contributed by atoms with van der Waals surface area (Å²) in [5, 5.41) is 0.517. The fourth-order valence-corrected chi connectivity index (χ4v) is 3.92. The van der Waals surface area contributed by atoms with Crippen LogP contribution in [0.1, 0.15) is 15.8 Å². The smallest absolute Gasteiger partial charge is 0.0939 e. The van der Waals surface area contributed by atoms with Crippen LogP contribution in [0, 0.1) is 0 Å². The van der Waals surface area contributed by atoms with E-state index in [9.17, 15) is 0 Å². The molecular formula is C11H6Br2Cl2S. The lowest BCUT2D eigenvalue weighted by Gasteiger charge is -2.10. The van der Waals surface area contributed by atoms with Gasteiger partial charge in [0, 0.05) is 14.4 Å². The molecule has 0 aliphatic carbocycles. The largest absolute Gasteiger partial charge is 0.131 e. The van der Waals surface area contributed by atoms with Gasteiger partial charge in [0.2, 0.25) is 0 Å². The molecule has 2 aromatic rings. The Balaban J connectivity index is 2.40. The summed E-state index contributed by atoms with van der Waals surface area (Å²) in [6, 6.07) is 9.64. The molecule has 1 heterocycles. The molecule has 16 heavy (non-hydrogen) atoms. The van der Waals surface area contributed by atoms with Crippen LogP contribution in [0.3, 0.4) is 0 Å². The van der Waals surface area contributed by atoms with Crippen molar-refractivity contribution in [3.8, 4) is 0 Å². The average molecular weight is 401 g/mol. The summed E-state index contributed by atoms with van der Waals surface area (Å²) in [4.78, 5) is 1.09. The maximum Gasteiger partial charge on any atom is 0.0939 e. The van der Waals surface area contributed by atoms with Crippen LogP contribution >= 0.6 is 66.4 Å². The monoisotopic (exact) mass is 398 g/mol. The predicted octanol–water partition coefficient (Wildman–Crippen LogP) is 6.25. The van der Waals surface area contributed by atoms with E-state index in [4.69, 9.17) is 23.2 Å². The molecule has 1 unspecified atom stereocenters. The molecule has 0 N–H and O–H groups in total. The second-order valence-electron chi connectivity index (χ2n) is 3.17. The first kappa shape index (κ1) is 12.9. The first-order valence-corrected chi connectivity index (χ1v) is 7.64. The van der Waals surface area contributed by atoms with Gasteiger partial charge in [-0.05, 0) is 51.8 Å². The molecule has 0 saturated heterocycles. The van der Waals surface area contributed by atoms with Crippen molar-refractivity contribution >= 4 is 66.4 Å². The number of alkyl halides is 1. The minimum Gasteiger partial charge on any atom is -0.131 e. The second-order valence-corrected chi connectivity index (χ2v) is 7.39. The van der Waals surface area contributed by atoms with Crippen molar-refractivity contribution in [3.63, 3.8) is 0 Å². The highest BCUT2D eigenvalue weighted by Gasteiger charge is 2.16. The van der Waals surface area contributed by atoms with Gasteiger partial charge in [-0.25, -0.2) is 0 Å². The van der Waals surface area contributed by atoms with Gasteiger partial charge in [-0.2, -0.15) is 0 Å². The van der Waals surface area contributed by atoms with Crippen molar-refractivity contribution in [1.29, 1.82) is 0 Å². The van der Waals surface area contributed by atoms with Crippen LogP contribution in [-0.2, 0) is 0 Å². The van der Waals surface area contributed by atoms with E-state index in [-0.39, 0.29) is 5.38 Å². The minimum atomic E-state index is -0.177. The molecule has 0 fully saturated rings. The topological polar surface area (TPSA) is 0 Å². The molecule has 1 aromatic heterocycles. The van der Waals surface area contributed by atoms with Gasteiger partial charge >= 0.3 is 0 Å². The summed E-state index contributed by atoms with van der Waals surface area (Å²) in [6.07, 6.45) is 0.